The van der Waals surface area contributed by atoms with Gasteiger partial charge in [-0.25, -0.2) is 14.3 Å². The first-order valence-corrected chi connectivity index (χ1v) is 13.2. The van der Waals surface area contributed by atoms with Crippen LogP contribution in [-0.4, -0.2) is 50.5 Å². The molecule has 3 heterocycles. The number of carbonyl (C=O) groups is 1. The molecule has 2 aliphatic rings. The lowest BCUT2D eigenvalue weighted by atomic mass is 9.80. The zero-order valence-electron chi connectivity index (χ0n) is 22.3. The van der Waals surface area contributed by atoms with Gasteiger partial charge in [0.25, 0.3) is 0 Å². The van der Waals surface area contributed by atoms with Gasteiger partial charge in [0.1, 0.15) is 5.60 Å². The second-order valence-electron chi connectivity index (χ2n) is 11.6. The number of likely N-dealkylation sites (tertiary alicyclic amines) is 1. The van der Waals surface area contributed by atoms with Crippen molar-refractivity contribution in [2.45, 2.75) is 104 Å². The van der Waals surface area contributed by atoms with Crippen LogP contribution < -0.4 is 0 Å². The maximum atomic E-state index is 13.2. The first-order chi connectivity index (χ1) is 16.8. The van der Waals surface area contributed by atoms with E-state index in [9.17, 15) is 18.0 Å². The van der Waals surface area contributed by atoms with E-state index in [0.29, 0.717) is 31.8 Å². The second-order valence-corrected chi connectivity index (χ2v) is 11.6. The van der Waals surface area contributed by atoms with Crippen LogP contribution in [0.5, 0.6) is 0 Å². The van der Waals surface area contributed by atoms with Gasteiger partial charge in [0.2, 0.25) is 0 Å². The summed E-state index contributed by atoms with van der Waals surface area (Å²) < 4.78 is 47.1. The summed E-state index contributed by atoms with van der Waals surface area (Å²) >= 11 is 0. The molecule has 2 fully saturated rings. The van der Waals surface area contributed by atoms with Gasteiger partial charge < -0.3 is 9.64 Å². The van der Waals surface area contributed by atoms with Crippen LogP contribution in [0.1, 0.15) is 101 Å². The van der Waals surface area contributed by atoms with E-state index in [2.05, 4.69) is 13.8 Å². The van der Waals surface area contributed by atoms with Gasteiger partial charge in [-0.15, -0.1) is 0 Å². The minimum absolute atomic E-state index is 0.00516. The molecule has 9 heteroatoms. The van der Waals surface area contributed by atoms with Crippen LogP contribution in [0.3, 0.4) is 0 Å². The summed E-state index contributed by atoms with van der Waals surface area (Å²) in [6.45, 7) is 13.1. The summed E-state index contributed by atoms with van der Waals surface area (Å²) in [7, 11) is 0. The molecule has 36 heavy (non-hydrogen) atoms. The molecule has 1 aliphatic carbocycles. The first-order valence-electron chi connectivity index (χ1n) is 13.2. The summed E-state index contributed by atoms with van der Waals surface area (Å²) in [5.74, 6) is -0.825. The number of nitrogens with zero attached hydrogens (tertiary/aromatic N) is 4. The molecule has 2 aromatic rings. The van der Waals surface area contributed by atoms with E-state index in [1.807, 2.05) is 38.3 Å². The van der Waals surface area contributed by atoms with Gasteiger partial charge >= 0.3 is 12.3 Å². The SMILES string of the molecule is CCc1c(C)nc2cc(C3CCC(C(F)(F)F)CC3)nn2c1[C@@H]1CN(C(=O)OC(C)(C)C)CC[C@@H]1C. The molecule has 0 radical (unpaired) electrons. The molecule has 1 saturated heterocycles. The van der Waals surface area contributed by atoms with E-state index in [-0.39, 0.29) is 30.8 Å². The van der Waals surface area contributed by atoms with Crippen molar-refractivity contribution < 1.29 is 22.7 Å². The largest absolute Gasteiger partial charge is 0.444 e. The van der Waals surface area contributed by atoms with Crippen molar-refractivity contribution in [1.29, 1.82) is 0 Å². The Morgan fingerprint density at radius 2 is 1.81 bits per heavy atom. The zero-order chi connectivity index (χ0) is 26.4. The lowest BCUT2D eigenvalue weighted by Gasteiger charge is -2.38. The van der Waals surface area contributed by atoms with Crippen molar-refractivity contribution in [2.75, 3.05) is 13.1 Å². The Bertz CT molecular complexity index is 1100. The molecule has 4 rings (SSSR count). The molecular weight excluding hydrogens is 469 g/mol. The van der Waals surface area contributed by atoms with E-state index < -0.39 is 17.7 Å². The Kier molecular flexibility index (Phi) is 7.32. The molecule has 200 valence electrons. The predicted octanol–water partition coefficient (Wildman–Crippen LogP) is 6.80. The van der Waals surface area contributed by atoms with Crippen molar-refractivity contribution >= 4 is 11.7 Å². The average molecular weight is 509 g/mol. The maximum Gasteiger partial charge on any atom is 0.410 e. The highest BCUT2D eigenvalue weighted by Crippen LogP contribution is 2.43. The summed E-state index contributed by atoms with van der Waals surface area (Å²) in [6.07, 6.45) is -1.54. The molecule has 1 saturated carbocycles. The second kappa shape index (κ2) is 9.86. The van der Waals surface area contributed by atoms with E-state index >= 15 is 0 Å². The number of ether oxygens (including phenoxy) is 1. The smallest absolute Gasteiger partial charge is 0.410 e. The molecule has 1 aliphatic heterocycles. The molecule has 0 aromatic carbocycles. The highest BCUT2D eigenvalue weighted by atomic mass is 19.4. The topological polar surface area (TPSA) is 59.7 Å². The van der Waals surface area contributed by atoms with Gasteiger partial charge in [-0.3, -0.25) is 0 Å². The highest BCUT2D eigenvalue weighted by molar-refractivity contribution is 5.68. The number of hydrogen-bond acceptors (Lipinski definition) is 4. The van der Waals surface area contributed by atoms with Gasteiger partial charge in [0.05, 0.1) is 17.3 Å². The van der Waals surface area contributed by atoms with Crippen molar-refractivity contribution in [3.63, 3.8) is 0 Å². The van der Waals surface area contributed by atoms with E-state index in [1.165, 1.54) is 0 Å². The predicted molar refractivity (Wildman–Crippen MR) is 132 cm³/mol. The first kappa shape index (κ1) is 26.7. The number of hydrogen-bond donors (Lipinski definition) is 0. The summed E-state index contributed by atoms with van der Waals surface area (Å²) in [6, 6.07) is 1.95. The molecule has 2 aromatic heterocycles. The van der Waals surface area contributed by atoms with E-state index in [4.69, 9.17) is 14.8 Å². The van der Waals surface area contributed by atoms with Gasteiger partial charge in [0.15, 0.2) is 5.65 Å². The van der Waals surface area contributed by atoms with E-state index in [1.54, 1.807) is 4.90 Å². The molecule has 0 bridgehead atoms. The van der Waals surface area contributed by atoms with Crippen molar-refractivity contribution in [1.82, 2.24) is 19.5 Å². The number of amides is 1. The maximum absolute atomic E-state index is 13.2. The highest BCUT2D eigenvalue weighted by Gasteiger charge is 2.42. The molecule has 2 atom stereocenters. The lowest BCUT2D eigenvalue weighted by Crippen LogP contribution is -2.45. The zero-order valence-corrected chi connectivity index (χ0v) is 22.3. The Morgan fingerprint density at radius 3 is 2.39 bits per heavy atom. The van der Waals surface area contributed by atoms with Crippen LogP contribution >= 0.6 is 0 Å². The third-order valence-corrected chi connectivity index (χ3v) is 7.89. The monoisotopic (exact) mass is 508 g/mol. The number of carbonyl (C=O) groups excluding carboxylic acids is 1. The third-order valence-electron chi connectivity index (χ3n) is 7.89. The fraction of sp³-hybridized carbons (Fsp3) is 0.741. The Hall–Kier alpha value is -2.32. The van der Waals surface area contributed by atoms with Gasteiger partial charge in [0, 0.05) is 36.7 Å². The Morgan fingerprint density at radius 1 is 1.14 bits per heavy atom. The van der Waals surface area contributed by atoms with Gasteiger partial charge in [-0.2, -0.15) is 18.3 Å². The van der Waals surface area contributed by atoms with Crippen LogP contribution in [0.4, 0.5) is 18.0 Å². The van der Waals surface area contributed by atoms with Crippen molar-refractivity contribution in [3.05, 3.63) is 28.7 Å². The number of aromatic nitrogens is 3. The summed E-state index contributed by atoms with van der Waals surface area (Å²) in [4.78, 5) is 19.5. The normalized spacial score (nSPS) is 25.9. The number of fused-ring (bicyclic) bond motifs is 1. The van der Waals surface area contributed by atoms with Crippen LogP contribution in [0.25, 0.3) is 5.65 Å². The molecule has 1 amide bonds. The van der Waals surface area contributed by atoms with Gasteiger partial charge in [-0.1, -0.05) is 13.8 Å². The summed E-state index contributed by atoms with van der Waals surface area (Å²) in [5.41, 5.74) is 4.12. The molecule has 0 spiro atoms. The Balaban J connectivity index is 1.67. The number of aryl methyl sites for hydroxylation is 1. The molecule has 6 nitrogen and oxygen atoms in total. The Labute approximate surface area is 211 Å². The minimum Gasteiger partial charge on any atom is -0.444 e. The number of halogens is 3. The van der Waals surface area contributed by atoms with Crippen molar-refractivity contribution in [3.8, 4) is 0 Å². The van der Waals surface area contributed by atoms with Crippen molar-refractivity contribution in [2.24, 2.45) is 11.8 Å². The average Bonchev–Trinajstić information content (AvgIpc) is 3.20. The quantitative estimate of drug-likeness (QED) is 0.458. The summed E-state index contributed by atoms with van der Waals surface area (Å²) in [5, 5.41) is 4.95. The molecule has 0 unspecified atom stereocenters. The van der Waals surface area contributed by atoms with Crippen LogP contribution in [0, 0.1) is 18.8 Å². The minimum atomic E-state index is -4.12. The third kappa shape index (κ3) is 5.49. The molecular formula is C27H39F3N4O2. The lowest BCUT2D eigenvalue weighted by molar-refractivity contribution is -0.182. The standard InChI is InChI=1S/C27H39F3N4O2/c1-7-20-17(3)31-23-14-22(18-8-10-19(11-9-18)27(28,29)30)32-34(23)24(20)21-15-33(13-12-16(21)2)25(35)36-26(4,5)6/h14,16,18-19,21H,7-13,15H2,1-6H3/t16-,18?,19?,21+/m0/s1. The van der Waals surface area contributed by atoms with Crippen LogP contribution in [0.15, 0.2) is 6.07 Å². The van der Waals surface area contributed by atoms with Crippen LogP contribution in [-0.2, 0) is 11.2 Å². The van der Waals surface area contributed by atoms with E-state index in [0.717, 1.165) is 41.1 Å². The van der Waals surface area contributed by atoms with Crippen LogP contribution in [0.2, 0.25) is 0 Å². The fourth-order valence-corrected chi connectivity index (χ4v) is 5.85. The fourth-order valence-electron chi connectivity index (χ4n) is 5.85. The number of piperidine rings is 1. The number of rotatable bonds is 3. The number of alkyl halides is 3. The molecule has 0 N–H and O–H groups in total. The van der Waals surface area contributed by atoms with Gasteiger partial charge in [-0.05, 0) is 77.7 Å².